The van der Waals surface area contributed by atoms with Gasteiger partial charge in [-0.1, -0.05) is 12.2 Å². The standard InChI is InChI=1S/C22H31N5O7S/c1-13(19(28)25-14(2)22(31)34-4)24-21(30)18(7-5-6-12-23-15(3)35)26-20(29)16-8-10-17(11-9-16)27(32)33/h8-11,13-14,18H,5-7,12H2,1-4H3,(H,23,35)(H,24,30)(H,25,28)(H,26,29)/t13-,14-,18-/m1/s1. The number of carbonyl (C=O) groups excluding carboxylic acids is 4. The molecular formula is C22H31N5O7S. The van der Waals surface area contributed by atoms with Gasteiger partial charge in [-0.25, -0.2) is 4.79 Å². The molecule has 0 aromatic heterocycles. The van der Waals surface area contributed by atoms with Crippen LogP contribution >= 0.6 is 12.2 Å². The van der Waals surface area contributed by atoms with Crippen LogP contribution in [0.1, 0.15) is 50.4 Å². The van der Waals surface area contributed by atoms with Crippen LogP contribution in [0.5, 0.6) is 0 Å². The van der Waals surface area contributed by atoms with Crippen LogP contribution < -0.4 is 21.3 Å². The van der Waals surface area contributed by atoms with E-state index in [0.717, 1.165) is 0 Å². The van der Waals surface area contributed by atoms with E-state index < -0.39 is 46.7 Å². The number of hydrogen-bond acceptors (Lipinski definition) is 8. The summed E-state index contributed by atoms with van der Waals surface area (Å²) < 4.78 is 4.56. The fourth-order valence-corrected chi connectivity index (χ4v) is 3.04. The van der Waals surface area contributed by atoms with Crippen molar-refractivity contribution in [2.24, 2.45) is 0 Å². The molecule has 0 aliphatic heterocycles. The van der Waals surface area contributed by atoms with Gasteiger partial charge in [0, 0.05) is 24.2 Å². The maximum Gasteiger partial charge on any atom is 0.328 e. The van der Waals surface area contributed by atoms with Gasteiger partial charge in [0.05, 0.1) is 17.0 Å². The maximum absolute atomic E-state index is 12.9. The molecule has 3 atom stereocenters. The summed E-state index contributed by atoms with van der Waals surface area (Å²) in [6.07, 6.45) is 1.52. The van der Waals surface area contributed by atoms with Crippen LogP contribution in [0, 0.1) is 10.1 Å². The van der Waals surface area contributed by atoms with Crippen molar-refractivity contribution in [3.63, 3.8) is 0 Å². The largest absolute Gasteiger partial charge is 0.467 e. The number of nitro groups is 1. The van der Waals surface area contributed by atoms with E-state index in [0.29, 0.717) is 24.4 Å². The van der Waals surface area contributed by atoms with Gasteiger partial charge in [0.25, 0.3) is 11.6 Å². The minimum Gasteiger partial charge on any atom is -0.467 e. The topological polar surface area (TPSA) is 169 Å². The molecule has 0 aliphatic rings. The Labute approximate surface area is 208 Å². The van der Waals surface area contributed by atoms with Gasteiger partial charge in [0.15, 0.2) is 0 Å². The Kier molecular flexibility index (Phi) is 12.3. The van der Waals surface area contributed by atoms with E-state index in [2.05, 4.69) is 26.0 Å². The molecule has 12 nitrogen and oxygen atoms in total. The first-order valence-corrected chi connectivity index (χ1v) is 11.3. The number of benzene rings is 1. The molecule has 0 fully saturated rings. The number of methoxy groups -OCH3 is 1. The molecule has 192 valence electrons. The fraction of sp³-hybridized carbons (Fsp3) is 0.500. The van der Waals surface area contributed by atoms with E-state index >= 15 is 0 Å². The molecule has 1 aromatic carbocycles. The van der Waals surface area contributed by atoms with Gasteiger partial charge in [0.2, 0.25) is 11.8 Å². The Morgan fingerprint density at radius 2 is 1.60 bits per heavy atom. The van der Waals surface area contributed by atoms with Crippen molar-refractivity contribution in [3.05, 3.63) is 39.9 Å². The van der Waals surface area contributed by atoms with E-state index in [-0.39, 0.29) is 17.7 Å². The normalized spacial score (nSPS) is 12.9. The van der Waals surface area contributed by atoms with Crippen molar-refractivity contribution < 1.29 is 28.8 Å². The first-order chi connectivity index (χ1) is 16.5. The Morgan fingerprint density at radius 3 is 2.14 bits per heavy atom. The van der Waals surface area contributed by atoms with Gasteiger partial charge in [-0.05, 0) is 52.2 Å². The van der Waals surface area contributed by atoms with E-state index in [1.54, 1.807) is 6.92 Å². The zero-order valence-electron chi connectivity index (χ0n) is 20.1. The fourth-order valence-electron chi connectivity index (χ4n) is 2.94. The third-order valence-electron chi connectivity index (χ3n) is 4.92. The highest BCUT2D eigenvalue weighted by molar-refractivity contribution is 7.80. The van der Waals surface area contributed by atoms with Gasteiger partial charge in [-0.2, -0.15) is 0 Å². The molecule has 1 rings (SSSR count). The predicted molar refractivity (Wildman–Crippen MR) is 132 cm³/mol. The summed E-state index contributed by atoms with van der Waals surface area (Å²) in [7, 11) is 1.19. The SMILES string of the molecule is COC(=O)[C@@H](C)NC(=O)[C@@H](C)NC(=O)[C@@H](CCCCNC(C)=S)NC(=O)c1ccc([N+](=O)[O-])cc1. The number of amides is 3. The molecule has 0 heterocycles. The smallest absolute Gasteiger partial charge is 0.328 e. The molecule has 3 amide bonds. The average molecular weight is 510 g/mol. The second-order valence-corrected chi connectivity index (χ2v) is 8.40. The number of unbranched alkanes of at least 4 members (excludes halogenated alkanes) is 1. The number of nitro benzene ring substituents is 1. The van der Waals surface area contributed by atoms with Gasteiger partial charge >= 0.3 is 5.97 Å². The van der Waals surface area contributed by atoms with Crippen LogP contribution in [0.4, 0.5) is 5.69 Å². The van der Waals surface area contributed by atoms with Crippen LogP contribution in [0.2, 0.25) is 0 Å². The van der Waals surface area contributed by atoms with E-state index in [9.17, 15) is 29.3 Å². The minimum absolute atomic E-state index is 0.143. The number of thiocarbonyl (C=S) groups is 1. The molecule has 0 spiro atoms. The lowest BCUT2D eigenvalue weighted by molar-refractivity contribution is -0.384. The maximum atomic E-state index is 12.9. The summed E-state index contributed by atoms with van der Waals surface area (Å²) in [6.45, 7) is 5.24. The number of carbonyl (C=O) groups is 4. The highest BCUT2D eigenvalue weighted by atomic mass is 32.1. The van der Waals surface area contributed by atoms with Crippen molar-refractivity contribution in [1.82, 2.24) is 21.3 Å². The molecule has 0 unspecified atom stereocenters. The predicted octanol–water partition coefficient (Wildman–Crippen LogP) is 0.983. The Bertz CT molecular complexity index is 939. The summed E-state index contributed by atoms with van der Waals surface area (Å²) in [5.41, 5.74) is -0.0257. The molecule has 0 bridgehead atoms. The first-order valence-electron chi connectivity index (χ1n) is 10.9. The van der Waals surface area contributed by atoms with Crippen LogP contribution in [-0.4, -0.2) is 65.4 Å². The number of ether oxygens (including phenoxy) is 1. The summed E-state index contributed by atoms with van der Waals surface area (Å²) >= 11 is 4.96. The Balaban J connectivity index is 2.85. The summed E-state index contributed by atoms with van der Waals surface area (Å²) in [5.74, 6) is -2.42. The molecule has 0 radical (unpaired) electrons. The Hall–Kier alpha value is -3.61. The Morgan fingerprint density at radius 1 is 1.00 bits per heavy atom. The van der Waals surface area contributed by atoms with Gasteiger partial charge in [-0.15, -0.1) is 0 Å². The van der Waals surface area contributed by atoms with E-state index in [1.165, 1.54) is 45.2 Å². The lowest BCUT2D eigenvalue weighted by Crippen LogP contribution is -2.54. The number of nitrogens with zero attached hydrogens (tertiary/aromatic N) is 1. The van der Waals surface area contributed by atoms with Crippen LogP contribution in [0.25, 0.3) is 0 Å². The van der Waals surface area contributed by atoms with E-state index in [1.807, 2.05) is 0 Å². The minimum atomic E-state index is -0.993. The number of nitrogens with one attached hydrogen (secondary N) is 4. The lowest BCUT2D eigenvalue weighted by atomic mass is 10.1. The first kappa shape index (κ1) is 29.4. The van der Waals surface area contributed by atoms with E-state index in [4.69, 9.17) is 12.2 Å². The molecule has 4 N–H and O–H groups in total. The van der Waals surface area contributed by atoms with Crippen LogP contribution in [-0.2, 0) is 19.1 Å². The molecule has 0 saturated carbocycles. The summed E-state index contributed by atoms with van der Waals surface area (Å²) in [6, 6.07) is 2.10. The number of esters is 1. The summed E-state index contributed by atoms with van der Waals surface area (Å²) in [4.78, 5) is 60.3. The zero-order valence-corrected chi connectivity index (χ0v) is 20.9. The number of hydrogen-bond donors (Lipinski definition) is 4. The van der Waals surface area contributed by atoms with Gasteiger partial charge < -0.3 is 26.0 Å². The lowest BCUT2D eigenvalue weighted by Gasteiger charge is -2.22. The van der Waals surface area contributed by atoms with Crippen molar-refractivity contribution in [2.45, 2.75) is 58.2 Å². The number of rotatable bonds is 13. The van der Waals surface area contributed by atoms with Gasteiger partial charge in [0.1, 0.15) is 18.1 Å². The number of non-ortho nitro benzene ring substituents is 1. The molecule has 0 aliphatic carbocycles. The second kappa shape index (κ2) is 14.6. The monoisotopic (exact) mass is 509 g/mol. The second-order valence-electron chi connectivity index (χ2n) is 7.79. The van der Waals surface area contributed by atoms with Crippen molar-refractivity contribution >= 4 is 46.6 Å². The zero-order chi connectivity index (χ0) is 26.5. The van der Waals surface area contributed by atoms with Crippen LogP contribution in [0.3, 0.4) is 0 Å². The molecule has 35 heavy (non-hydrogen) atoms. The molecule has 1 aromatic rings. The average Bonchev–Trinajstić information content (AvgIpc) is 2.81. The highest BCUT2D eigenvalue weighted by Crippen LogP contribution is 2.12. The quantitative estimate of drug-likeness (QED) is 0.0995. The highest BCUT2D eigenvalue weighted by Gasteiger charge is 2.26. The molecule has 13 heteroatoms. The molecule has 0 saturated heterocycles. The molecular weight excluding hydrogens is 478 g/mol. The van der Waals surface area contributed by atoms with Crippen molar-refractivity contribution in [3.8, 4) is 0 Å². The van der Waals surface area contributed by atoms with Crippen molar-refractivity contribution in [2.75, 3.05) is 13.7 Å². The van der Waals surface area contributed by atoms with Crippen LogP contribution in [0.15, 0.2) is 24.3 Å². The van der Waals surface area contributed by atoms with Gasteiger partial charge in [-0.3, -0.25) is 24.5 Å². The third kappa shape index (κ3) is 10.5. The van der Waals surface area contributed by atoms with Crippen molar-refractivity contribution in [1.29, 1.82) is 0 Å². The third-order valence-corrected chi connectivity index (χ3v) is 5.07. The summed E-state index contributed by atoms with van der Waals surface area (Å²) in [5, 5.41) is 21.4.